The van der Waals surface area contributed by atoms with Gasteiger partial charge >= 0.3 is 0 Å². The van der Waals surface area contributed by atoms with Crippen LogP contribution in [0, 0.1) is 11.3 Å². The molecule has 104 valence electrons. The van der Waals surface area contributed by atoms with Gasteiger partial charge in [-0.1, -0.05) is 13.8 Å². The predicted molar refractivity (Wildman–Crippen MR) is 78.1 cm³/mol. The van der Waals surface area contributed by atoms with Crippen LogP contribution in [0.4, 0.5) is 0 Å². The van der Waals surface area contributed by atoms with E-state index in [1.165, 1.54) is 38.0 Å². The molecule has 1 N–H and O–H groups in total. The maximum atomic E-state index is 5.97. The largest absolute Gasteiger partial charge is 0.377 e. The minimum absolute atomic E-state index is 0.324. The zero-order valence-corrected chi connectivity index (χ0v) is 12.8. The molecule has 4 unspecified atom stereocenters. The molecule has 18 heavy (non-hydrogen) atoms. The second-order valence-electron chi connectivity index (χ2n) is 7.18. The number of hydrogen-bond acceptors (Lipinski definition) is 3. The Morgan fingerprint density at radius 2 is 2.11 bits per heavy atom. The number of nitrogens with one attached hydrogen (secondary N) is 1. The Morgan fingerprint density at radius 1 is 1.28 bits per heavy atom. The van der Waals surface area contributed by atoms with E-state index in [0.717, 1.165) is 12.5 Å². The Bertz CT molecular complexity index is 312. The summed E-state index contributed by atoms with van der Waals surface area (Å²) in [6.07, 6.45) is 5.89. The third-order valence-electron chi connectivity index (χ3n) is 5.33. The topological polar surface area (TPSA) is 21.3 Å². The van der Waals surface area contributed by atoms with Gasteiger partial charge in [-0.15, -0.1) is 0 Å². The summed E-state index contributed by atoms with van der Waals surface area (Å²) in [5.41, 5.74) is 0.324. The number of hydrogen-bond donors (Lipinski definition) is 1. The zero-order chi connectivity index (χ0) is 12.8. The summed E-state index contributed by atoms with van der Waals surface area (Å²) in [4.78, 5) is 0. The van der Waals surface area contributed by atoms with Crippen molar-refractivity contribution >= 4 is 11.8 Å². The minimum atomic E-state index is 0.324. The molecular weight excluding hydrogens is 242 g/mol. The summed E-state index contributed by atoms with van der Waals surface area (Å²) >= 11 is 2.16. The number of thioether (sulfide) groups is 1. The lowest BCUT2D eigenvalue weighted by Gasteiger charge is -2.60. The van der Waals surface area contributed by atoms with Crippen LogP contribution >= 0.6 is 11.8 Å². The molecule has 0 amide bonds. The molecule has 0 aromatic carbocycles. The fourth-order valence-corrected chi connectivity index (χ4v) is 5.49. The van der Waals surface area contributed by atoms with E-state index in [-0.39, 0.29) is 0 Å². The first-order chi connectivity index (χ1) is 8.53. The highest BCUT2D eigenvalue weighted by atomic mass is 32.2. The highest BCUT2D eigenvalue weighted by molar-refractivity contribution is 8.00. The van der Waals surface area contributed by atoms with Gasteiger partial charge in [0, 0.05) is 35.3 Å². The van der Waals surface area contributed by atoms with Crippen LogP contribution in [0.15, 0.2) is 0 Å². The van der Waals surface area contributed by atoms with Crippen molar-refractivity contribution in [2.24, 2.45) is 11.3 Å². The Balaban J connectivity index is 1.59. The SMILES string of the molecule is CC1(CNC2C3CCCOC3C2(C)C)CCCS1. The molecular formula is C15H27NOS. The van der Waals surface area contributed by atoms with Crippen molar-refractivity contribution in [2.45, 2.75) is 63.3 Å². The summed E-state index contributed by atoms with van der Waals surface area (Å²) in [5, 5.41) is 3.89. The van der Waals surface area contributed by atoms with Gasteiger partial charge in [0.05, 0.1) is 6.10 Å². The van der Waals surface area contributed by atoms with Crippen LogP contribution in [0.25, 0.3) is 0 Å². The maximum absolute atomic E-state index is 5.97. The van der Waals surface area contributed by atoms with Crippen LogP contribution in [0.1, 0.15) is 46.5 Å². The molecule has 0 bridgehead atoms. The average Bonchev–Trinajstić information content (AvgIpc) is 2.76. The summed E-state index contributed by atoms with van der Waals surface area (Å²) in [5.74, 6) is 2.12. The first kappa shape index (κ1) is 13.3. The highest BCUT2D eigenvalue weighted by Crippen LogP contribution is 2.51. The third kappa shape index (κ3) is 2.12. The molecule has 3 fully saturated rings. The molecule has 0 radical (unpaired) electrons. The first-order valence-electron chi connectivity index (χ1n) is 7.52. The predicted octanol–water partition coefficient (Wildman–Crippen LogP) is 3.07. The van der Waals surface area contributed by atoms with Gasteiger partial charge in [-0.25, -0.2) is 0 Å². The van der Waals surface area contributed by atoms with Crippen molar-refractivity contribution in [3.63, 3.8) is 0 Å². The van der Waals surface area contributed by atoms with E-state index in [4.69, 9.17) is 4.74 Å². The first-order valence-corrected chi connectivity index (χ1v) is 8.50. The van der Waals surface area contributed by atoms with E-state index in [0.29, 0.717) is 22.3 Å². The molecule has 2 saturated heterocycles. The summed E-state index contributed by atoms with van der Waals surface area (Å²) in [6.45, 7) is 9.33. The fourth-order valence-electron chi connectivity index (χ4n) is 4.24. The van der Waals surface area contributed by atoms with Gasteiger partial charge in [-0.2, -0.15) is 11.8 Å². The molecule has 0 aromatic heterocycles. The van der Waals surface area contributed by atoms with Gasteiger partial charge in [-0.3, -0.25) is 0 Å². The van der Waals surface area contributed by atoms with E-state index in [1.807, 2.05) is 0 Å². The van der Waals surface area contributed by atoms with Crippen molar-refractivity contribution in [2.75, 3.05) is 18.9 Å². The number of ether oxygens (including phenoxy) is 1. The minimum Gasteiger partial charge on any atom is -0.377 e. The summed E-state index contributed by atoms with van der Waals surface area (Å²) < 4.78 is 6.46. The van der Waals surface area contributed by atoms with E-state index >= 15 is 0 Å². The molecule has 2 nitrogen and oxygen atoms in total. The Hall–Kier alpha value is 0.270. The molecule has 3 heteroatoms. The lowest BCUT2D eigenvalue weighted by Crippen LogP contribution is -2.70. The maximum Gasteiger partial charge on any atom is 0.0684 e. The van der Waals surface area contributed by atoms with Gasteiger partial charge < -0.3 is 10.1 Å². The fraction of sp³-hybridized carbons (Fsp3) is 1.00. The second-order valence-corrected chi connectivity index (χ2v) is 8.86. The lowest BCUT2D eigenvalue weighted by atomic mass is 9.55. The van der Waals surface area contributed by atoms with Crippen LogP contribution in [0.3, 0.4) is 0 Å². The quantitative estimate of drug-likeness (QED) is 0.851. The molecule has 3 aliphatic rings. The number of rotatable bonds is 3. The van der Waals surface area contributed by atoms with Crippen LogP contribution in [-0.2, 0) is 4.74 Å². The van der Waals surface area contributed by atoms with Crippen LogP contribution in [0.2, 0.25) is 0 Å². The van der Waals surface area contributed by atoms with Gasteiger partial charge in [0.1, 0.15) is 0 Å². The van der Waals surface area contributed by atoms with Crippen molar-refractivity contribution in [3.8, 4) is 0 Å². The highest BCUT2D eigenvalue weighted by Gasteiger charge is 2.57. The Morgan fingerprint density at radius 3 is 2.83 bits per heavy atom. The van der Waals surface area contributed by atoms with E-state index < -0.39 is 0 Å². The normalized spacial score (nSPS) is 46.5. The van der Waals surface area contributed by atoms with Crippen molar-refractivity contribution < 1.29 is 4.74 Å². The summed E-state index contributed by atoms with van der Waals surface area (Å²) in [7, 11) is 0. The van der Waals surface area contributed by atoms with Crippen LogP contribution in [-0.4, -0.2) is 35.8 Å². The lowest BCUT2D eigenvalue weighted by molar-refractivity contribution is -0.192. The Kier molecular flexibility index (Phi) is 3.44. The van der Waals surface area contributed by atoms with Crippen LogP contribution < -0.4 is 5.32 Å². The van der Waals surface area contributed by atoms with E-state index in [2.05, 4.69) is 37.8 Å². The van der Waals surface area contributed by atoms with Crippen molar-refractivity contribution in [1.82, 2.24) is 5.32 Å². The van der Waals surface area contributed by atoms with Crippen molar-refractivity contribution in [1.29, 1.82) is 0 Å². The van der Waals surface area contributed by atoms with Gasteiger partial charge in [0.25, 0.3) is 0 Å². The molecule has 1 aliphatic carbocycles. The zero-order valence-electron chi connectivity index (χ0n) is 12.0. The molecule has 4 atom stereocenters. The number of fused-ring (bicyclic) bond motifs is 1. The van der Waals surface area contributed by atoms with Crippen molar-refractivity contribution in [3.05, 3.63) is 0 Å². The monoisotopic (exact) mass is 269 g/mol. The average molecular weight is 269 g/mol. The smallest absolute Gasteiger partial charge is 0.0684 e. The summed E-state index contributed by atoms with van der Waals surface area (Å²) in [6, 6.07) is 0.667. The van der Waals surface area contributed by atoms with Gasteiger partial charge in [0.15, 0.2) is 0 Å². The second kappa shape index (κ2) is 4.68. The molecule has 0 aromatic rings. The van der Waals surface area contributed by atoms with E-state index in [1.54, 1.807) is 0 Å². The van der Waals surface area contributed by atoms with E-state index in [9.17, 15) is 0 Å². The molecule has 2 aliphatic heterocycles. The third-order valence-corrected chi connectivity index (χ3v) is 6.87. The van der Waals surface area contributed by atoms with Gasteiger partial charge in [0.2, 0.25) is 0 Å². The molecule has 0 spiro atoms. The standard InChI is InChI=1S/C15H27NOS/c1-14(2)12(11-6-4-8-17-13(11)14)16-10-15(3)7-5-9-18-15/h11-13,16H,4-10H2,1-3H3. The molecule has 2 heterocycles. The molecule has 3 rings (SSSR count). The van der Waals surface area contributed by atoms with Gasteiger partial charge in [-0.05, 0) is 38.4 Å². The van der Waals surface area contributed by atoms with Crippen LogP contribution in [0.5, 0.6) is 0 Å². The molecule has 1 saturated carbocycles. The Labute approximate surface area is 116 Å².